The second-order valence-electron chi connectivity index (χ2n) is 1.92. The van der Waals surface area contributed by atoms with Gasteiger partial charge in [-0.1, -0.05) is 0 Å². The topological polar surface area (TPSA) is 133 Å². The lowest BCUT2D eigenvalue weighted by Crippen LogP contribution is -2.07. The van der Waals surface area contributed by atoms with Gasteiger partial charge in [-0.25, -0.2) is 4.79 Å². The van der Waals surface area contributed by atoms with E-state index in [-0.39, 0.29) is 0 Å². The lowest BCUT2D eigenvalue weighted by atomic mass is 10.5. The Hall–Kier alpha value is -2.09. The first-order valence-electron chi connectivity index (χ1n) is 2.91. The van der Waals surface area contributed by atoms with Gasteiger partial charge >= 0.3 is 5.97 Å². The van der Waals surface area contributed by atoms with Gasteiger partial charge in [0.25, 0.3) is 11.8 Å². The number of carbonyl (C=O) groups excluding carboxylic acids is 1. The number of aromatic hydroxyl groups is 3. The molecule has 0 aliphatic rings. The number of rotatable bonds is 1. The third kappa shape index (κ3) is 1.56. The van der Waals surface area contributed by atoms with Crippen LogP contribution in [0.4, 0.5) is 0 Å². The summed E-state index contributed by atoms with van der Waals surface area (Å²) in [5.74, 6) is -5.10. The van der Waals surface area contributed by atoms with Crippen molar-refractivity contribution >= 4 is 5.97 Å². The number of hydrogen-bond acceptors (Lipinski definition) is 8. The van der Waals surface area contributed by atoms with Crippen molar-refractivity contribution in [3.05, 3.63) is 5.82 Å². The molecule has 0 aromatic carbocycles. The molecule has 13 heavy (non-hydrogen) atoms. The molecule has 8 heteroatoms. The first-order valence-corrected chi connectivity index (χ1v) is 2.91. The highest BCUT2D eigenvalue weighted by molar-refractivity contribution is 5.85. The van der Waals surface area contributed by atoms with E-state index in [1.165, 1.54) is 0 Å². The van der Waals surface area contributed by atoms with Crippen LogP contribution in [0.15, 0.2) is 0 Å². The average molecular weight is 188 g/mol. The fraction of sp³-hybridized carbons (Fsp3) is 0. The Kier molecular flexibility index (Phi) is 2.15. The molecular formula is C5H4N2O6. The van der Waals surface area contributed by atoms with Crippen molar-refractivity contribution in [1.82, 2.24) is 9.97 Å². The second kappa shape index (κ2) is 3.11. The minimum atomic E-state index is -1.37. The van der Waals surface area contributed by atoms with Crippen LogP contribution in [0.2, 0.25) is 0 Å². The summed E-state index contributed by atoms with van der Waals surface area (Å²) in [4.78, 5) is 19.8. The van der Waals surface area contributed by atoms with Crippen molar-refractivity contribution in [2.75, 3.05) is 0 Å². The summed E-state index contributed by atoms with van der Waals surface area (Å²) in [6.45, 7) is 0. The Labute approximate surface area is 70.6 Å². The van der Waals surface area contributed by atoms with Gasteiger partial charge in [0.05, 0.1) is 0 Å². The van der Waals surface area contributed by atoms with Gasteiger partial charge in [-0.15, -0.1) is 0 Å². The van der Waals surface area contributed by atoms with Crippen LogP contribution < -0.4 is 0 Å². The van der Waals surface area contributed by atoms with Crippen molar-refractivity contribution < 1.29 is 30.3 Å². The lowest BCUT2D eigenvalue weighted by molar-refractivity contribution is -0.183. The van der Waals surface area contributed by atoms with Gasteiger partial charge in [0.1, 0.15) is 0 Å². The molecule has 0 radical (unpaired) electrons. The van der Waals surface area contributed by atoms with Crippen LogP contribution in [0.1, 0.15) is 10.6 Å². The summed E-state index contributed by atoms with van der Waals surface area (Å²) in [5, 5.41) is 34.2. The third-order valence-corrected chi connectivity index (χ3v) is 1.11. The summed E-state index contributed by atoms with van der Waals surface area (Å²) in [5.41, 5.74) is 0. The predicted octanol–water partition coefficient (Wildman–Crippen LogP) is -0.777. The monoisotopic (exact) mass is 188 g/mol. The van der Waals surface area contributed by atoms with Crippen LogP contribution in [0.5, 0.6) is 17.5 Å². The molecule has 0 saturated heterocycles. The smallest absolute Gasteiger partial charge is 0.410 e. The van der Waals surface area contributed by atoms with Crippen LogP contribution in [-0.2, 0) is 4.89 Å². The maximum absolute atomic E-state index is 10.5. The lowest BCUT2D eigenvalue weighted by Gasteiger charge is -2.00. The van der Waals surface area contributed by atoms with Gasteiger partial charge in [-0.2, -0.15) is 15.2 Å². The van der Waals surface area contributed by atoms with E-state index in [4.69, 9.17) is 20.6 Å². The average Bonchev–Trinajstić information content (AvgIpc) is 2.12. The van der Waals surface area contributed by atoms with Gasteiger partial charge in [-0.05, 0) is 0 Å². The maximum atomic E-state index is 10.5. The molecule has 70 valence electrons. The first kappa shape index (κ1) is 9.00. The molecule has 0 atom stereocenters. The fourth-order valence-corrected chi connectivity index (χ4v) is 0.564. The summed E-state index contributed by atoms with van der Waals surface area (Å²) < 4.78 is 0. The number of carbonyl (C=O) groups is 1. The Balaban J connectivity index is 3.20. The highest BCUT2D eigenvalue weighted by Gasteiger charge is 2.18. The van der Waals surface area contributed by atoms with E-state index in [0.29, 0.717) is 0 Å². The van der Waals surface area contributed by atoms with Crippen molar-refractivity contribution in [3.63, 3.8) is 0 Å². The summed E-state index contributed by atoms with van der Waals surface area (Å²) in [6.07, 6.45) is 0. The van der Waals surface area contributed by atoms with E-state index in [9.17, 15) is 4.79 Å². The molecule has 0 saturated carbocycles. The van der Waals surface area contributed by atoms with Crippen LogP contribution in [0.25, 0.3) is 0 Å². The summed E-state index contributed by atoms with van der Waals surface area (Å²) in [6, 6.07) is 0. The molecule has 1 rings (SSSR count). The molecule has 0 aliphatic heterocycles. The molecular weight excluding hydrogens is 184 g/mol. The maximum Gasteiger partial charge on any atom is 0.410 e. The minimum absolute atomic E-state index is 0.782. The van der Waals surface area contributed by atoms with Gasteiger partial charge < -0.3 is 15.3 Å². The van der Waals surface area contributed by atoms with Crippen molar-refractivity contribution in [2.24, 2.45) is 0 Å². The third-order valence-electron chi connectivity index (χ3n) is 1.11. The highest BCUT2D eigenvalue weighted by atomic mass is 17.1. The van der Waals surface area contributed by atoms with Crippen LogP contribution in [0.3, 0.4) is 0 Å². The van der Waals surface area contributed by atoms with E-state index in [0.717, 1.165) is 0 Å². The molecule has 1 aromatic rings. The first-order chi connectivity index (χ1) is 6.06. The standard InChI is InChI=1S/C5H4N2O6/c8-1-3(9)6-2(5(11)13-12)7-4(1)10/h8,12H,(H2,6,7,9,10). The van der Waals surface area contributed by atoms with E-state index >= 15 is 0 Å². The van der Waals surface area contributed by atoms with Gasteiger partial charge in [0, 0.05) is 0 Å². The largest absolute Gasteiger partial charge is 0.499 e. The molecule has 0 unspecified atom stereocenters. The highest BCUT2D eigenvalue weighted by Crippen LogP contribution is 2.29. The molecule has 0 amide bonds. The van der Waals surface area contributed by atoms with E-state index in [1.807, 2.05) is 0 Å². The molecule has 8 nitrogen and oxygen atoms in total. The minimum Gasteiger partial charge on any atom is -0.499 e. The van der Waals surface area contributed by atoms with Crippen molar-refractivity contribution in [3.8, 4) is 17.5 Å². The van der Waals surface area contributed by atoms with E-state index in [1.54, 1.807) is 0 Å². The zero-order valence-electron chi connectivity index (χ0n) is 6.00. The molecule has 4 N–H and O–H groups in total. The zero-order chi connectivity index (χ0) is 10.0. The van der Waals surface area contributed by atoms with Crippen molar-refractivity contribution in [2.45, 2.75) is 0 Å². The molecule has 0 fully saturated rings. The van der Waals surface area contributed by atoms with Gasteiger partial charge in [-0.3, -0.25) is 4.89 Å². The molecule has 1 aromatic heterocycles. The zero-order valence-corrected chi connectivity index (χ0v) is 6.00. The quantitative estimate of drug-likeness (QED) is 0.333. The van der Waals surface area contributed by atoms with Gasteiger partial charge in [0.2, 0.25) is 11.6 Å². The van der Waals surface area contributed by atoms with Crippen LogP contribution >= 0.6 is 0 Å². The summed E-state index contributed by atoms with van der Waals surface area (Å²) in [7, 11) is 0. The Bertz CT molecular complexity index is 328. The second-order valence-corrected chi connectivity index (χ2v) is 1.92. The summed E-state index contributed by atoms with van der Waals surface area (Å²) >= 11 is 0. The molecule has 1 heterocycles. The Morgan fingerprint density at radius 1 is 1.15 bits per heavy atom. The normalized spacial score (nSPS) is 9.62. The number of hydrogen-bond donors (Lipinski definition) is 4. The Morgan fingerprint density at radius 3 is 2.00 bits per heavy atom. The predicted molar refractivity (Wildman–Crippen MR) is 35.1 cm³/mol. The van der Waals surface area contributed by atoms with Crippen LogP contribution in [0, 0.1) is 0 Å². The van der Waals surface area contributed by atoms with Crippen LogP contribution in [-0.4, -0.2) is 36.5 Å². The number of aromatic nitrogens is 2. The molecule has 0 aliphatic carbocycles. The SMILES string of the molecule is O=C(OO)c1nc(O)c(O)c(O)n1. The number of nitrogens with zero attached hydrogens (tertiary/aromatic N) is 2. The van der Waals surface area contributed by atoms with Crippen molar-refractivity contribution in [1.29, 1.82) is 0 Å². The fourth-order valence-electron chi connectivity index (χ4n) is 0.564. The Morgan fingerprint density at radius 2 is 1.62 bits per heavy atom. The van der Waals surface area contributed by atoms with E-state index in [2.05, 4.69) is 14.9 Å². The van der Waals surface area contributed by atoms with E-state index < -0.39 is 29.3 Å². The molecule has 0 bridgehead atoms. The van der Waals surface area contributed by atoms with Gasteiger partial charge in [0.15, 0.2) is 0 Å². The molecule has 0 spiro atoms.